The maximum absolute atomic E-state index is 3.61. The lowest BCUT2D eigenvalue weighted by Crippen LogP contribution is -2.21. The van der Waals surface area contributed by atoms with E-state index in [1.54, 1.807) is 0 Å². The van der Waals surface area contributed by atoms with E-state index < -0.39 is 0 Å². The third-order valence-corrected chi connectivity index (χ3v) is 3.13. The molecule has 0 aliphatic heterocycles. The summed E-state index contributed by atoms with van der Waals surface area (Å²) >= 11 is 0. The van der Waals surface area contributed by atoms with Gasteiger partial charge in [-0.2, -0.15) is 0 Å². The fourth-order valence-electron chi connectivity index (χ4n) is 2.34. The van der Waals surface area contributed by atoms with E-state index in [1.165, 1.54) is 29.5 Å². The molecule has 0 aromatic heterocycles. The van der Waals surface area contributed by atoms with Gasteiger partial charge in [0.15, 0.2) is 0 Å². The second-order valence-corrected chi connectivity index (χ2v) is 5.50. The van der Waals surface area contributed by atoms with Crippen LogP contribution in [0, 0.1) is 19.8 Å². The van der Waals surface area contributed by atoms with E-state index in [2.05, 4.69) is 58.1 Å². The molecule has 0 amide bonds. The van der Waals surface area contributed by atoms with Crippen LogP contribution >= 0.6 is 0 Å². The molecule has 0 aliphatic carbocycles. The standard InChI is InChI=1S/C16H27N/c1-6-17-16(8-7-12(2)3)15-10-13(4)9-14(5)11-15/h9-12,16-17H,6-8H2,1-5H3. The quantitative estimate of drug-likeness (QED) is 0.768. The Kier molecular flexibility index (Phi) is 5.70. The van der Waals surface area contributed by atoms with Crippen molar-refractivity contribution in [1.29, 1.82) is 0 Å². The second-order valence-electron chi connectivity index (χ2n) is 5.50. The van der Waals surface area contributed by atoms with E-state index in [4.69, 9.17) is 0 Å². The lowest BCUT2D eigenvalue weighted by atomic mass is 9.95. The van der Waals surface area contributed by atoms with Gasteiger partial charge in [0, 0.05) is 6.04 Å². The summed E-state index contributed by atoms with van der Waals surface area (Å²) in [5.41, 5.74) is 4.19. The van der Waals surface area contributed by atoms with Crippen molar-refractivity contribution in [2.75, 3.05) is 6.54 Å². The van der Waals surface area contributed by atoms with Crippen LogP contribution < -0.4 is 5.32 Å². The van der Waals surface area contributed by atoms with Gasteiger partial charge < -0.3 is 5.32 Å². The molecule has 1 rings (SSSR count). The summed E-state index contributed by atoms with van der Waals surface area (Å²) in [6, 6.07) is 7.40. The van der Waals surface area contributed by atoms with Crippen LogP contribution in [-0.4, -0.2) is 6.54 Å². The minimum absolute atomic E-state index is 0.515. The van der Waals surface area contributed by atoms with Crippen LogP contribution in [-0.2, 0) is 0 Å². The van der Waals surface area contributed by atoms with E-state index in [0.717, 1.165) is 12.5 Å². The van der Waals surface area contributed by atoms with Gasteiger partial charge in [-0.3, -0.25) is 0 Å². The molecule has 96 valence electrons. The molecule has 0 radical (unpaired) electrons. The van der Waals surface area contributed by atoms with Crippen molar-refractivity contribution in [3.8, 4) is 0 Å². The first-order valence-electron chi connectivity index (χ1n) is 6.84. The molecule has 17 heavy (non-hydrogen) atoms. The fraction of sp³-hybridized carbons (Fsp3) is 0.625. The highest BCUT2D eigenvalue weighted by atomic mass is 14.9. The summed E-state index contributed by atoms with van der Waals surface area (Å²) < 4.78 is 0. The number of hydrogen-bond donors (Lipinski definition) is 1. The van der Waals surface area contributed by atoms with Crippen molar-refractivity contribution in [1.82, 2.24) is 5.32 Å². The van der Waals surface area contributed by atoms with Crippen molar-refractivity contribution >= 4 is 0 Å². The highest BCUT2D eigenvalue weighted by Crippen LogP contribution is 2.23. The molecule has 1 aromatic carbocycles. The zero-order chi connectivity index (χ0) is 12.8. The van der Waals surface area contributed by atoms with E-state index in [0.29, 0.717) is 6.04 Å². The maximum atomic E-state index is 3.61. The predicted octanol–water partition coefficient (Wildman–Crippen LogP) is 4.39. The summed E-state index contributed by atoms with van der Waals surface area (Å²) in [6.45, 7) is 12.2. The highest BCUT2D eigenvalue weighted by molar-refractivity contribution is 5.30. The minimum atomic E-state index is 0.515. The van der Waals surface area contributed by atoms with E-state index in [9.17, 15) is 0 Å². The van der Waals surface area contributed by atoms with Gasteiger partial charge >= 0.3 is 0 Å². The summed E-state index contributed by atoms with van der Waals surface area (Å²) in [7, 11) is 0. The second kappa shape index (κ2) is 6.80. The Morgan fingerprint density at radius 2 is 1.59 bits per heavy atom. The van der Waals surface area contributed by atoms with Crippen molar-refractivity contribution in [2.45, 2.75) is 53.5 Å². The molecule has 0 saturated heterocycles. The summed E-state index contributed by atoms with van der Waals surface area (Å²) in [5.74, 6) is 0.780. The third kappa shape index (κ3) is 4.91. The Labute approximate surface area is 107 Å². The average Bonchev–Trinajstić information content (AvgIpc) is 2.22. The summed E-state index contributed by atoms with van der Waals surface area (Å²) in [4.78, 5) is 0. The maximum Gasteiger partial charge on any atom is 0.0320 e. The van der Waals surface area contributed by atoms with Crippen LogP contribution in [0.2, 0.25) is 0 Å². The predicted molar refractivity (Wildman–Crippen MR) is 76.4 cm³/mol. The third-order valence-electron chi connectivity index (χ3n) is 3.13. The van der Waals surface area contributed by atoms with Gasteiger partial charge in [0.25, 0.3) is 0 Å². The van der Waals surface area contributed by atoms with Gasteiger partial charge in [-0.25, -0.2) is 0 Å². The van der Waals surface area contributed by atoms with Gasteiger partial charge in [-0.15, -0.1) is 0 Å². The number of hydrogen-bond acceptors (Lipinski definition) is 1. The molecule has 1 nitrogen and oxygen atoms in total. The SMILES string of the molecule is CCNC(CCC(C)C)c1cc(C)cc(C)c1. The lowest BCUT2D eigenvalue weighted by Gasteiger charge is -2.20. The monoisotopic (exact) mass is 233 g/mol. The van der Waals surface area contributed by atoms with Crippen molar-refractivity contribution < 1.29 is 0 Å². The Hall–Kier alpha value is -0.820. The summed E-state index contributed by atoms with van der Waals surface area (Å²) in [6.07, 6.45) is 2.51. The first-order chi connectivity index (χ1) is 8.02. The number of nitrogens with one attached hydrogen (secondary N) is 1. The smallest absolute Gasteiger partial charge is 0.0320 e. The summed E-state index contributed by atoms with van der Waals surface area (Å²) in [5, 5.41) is 3.61. The van der Waals surface area contributed by atoms with Gasteiger partial charge in [0.1, 0.15) is 0 Å². The van der Waals surface area contributed by atoms with Crippen LogP contribution in [0.15, 0.2) is 18.2 Å². The zero-order valence-corrected chi connectivity index (χ0v) is 12.0. The highest BCUT2D eigenvalue weighted by Gasteiger charge is 2.11. The zero-order valence-electron chi connectivity index (χ0n) is 12.0. The topological polar surface area (TPSA) is 12.0 Å². The molecule has 1 aromatic rings. The van der Waals surface area contributed by atoms with Crippen LogP contribution in [0.4, 0.5) is 0 Å². The Morgan fingerprint density at radius 3 is 2.06 bits per heavy atom. The molecule has 1 unspecified atom stereocenters. The van der Waals surface area contributed by atoms with Gasteiger partial charge in [0.2, 0.25) is 0 Å². The Bertz CT molecular complexity index is 321. The van der Waals surface area contributed by atoms with Gasteiger partial charge in [0.05, 0.1) is 0 Å². The normalized spacial score (nSPS) is 13.1. The van der Waals surface area contributed by atoms with Gasteiger partial charge in [-0.1, -0.05) is 50.1 Å². The fourth-order valence-corrected chi connectivity index (χ4v) is 2.34. The number of benzene rings is 1. The molecule has 0 aliphatic rings. The average molecular weight is 233 g/mol. The molecule has 0 heterocycles. The molecule has 1 heteroatoms. The first-order valence-corrected chi connectivity index (χ1v) is 6.84. The molecule has 1 atom stereocenters. The van der Waals surface area contributed by atoms with Crippen molar-refractivity contribution in [3.05, 3.63) is 34.9 Å². The first kappa shape index (κ1) is 14.2. The number of aryl methyl sites for hydroxylation is 2. The van der Waals surface area contributed by atoms with Gasteiger partial charge in [-0.05, 0) is 44.7 Å². The molecule has 0 saturated carbocycles. The van der Waals surface area contributed by atoms with Crippen LogP contribution in [0.1, 0.15) is 56.3 Å². The van der Waals surface area contributed by atoms with Crippen LogP contribution in [0.3, 0.4) is 0 Å². The molecular weight excluding hydrogens is 206 g/mol. The van der Waals surface area contributed by atoms with Crippen molar-refractivity contribution in [2.24, 2.45) is 5.92 Å². The van der Waals surface area contributed by atoms with Crippen LogP contribution in [0.25, 0.3) is 0 Å². The largest absolute Gasteiger partial charge is 0.310 e. The number of rotatable bonds is 6. The van der Waals surface area contributed by atoms with Crippen LogP contribution in [0.5, 0.6) is 0 Å². The molecule has 0 spiro atoms. The van der Waals surface area contributed by atoms with Crippen molar-refractivity contribution in [3.63, 3.8) is 0 Å². The molecule has 1 N–H and O–H groups in total. The lowest BCUT2D eigenvalue weighted by molar-refractivity contribution is 0.448. The van der Waals surface area contributed by atoms with E-state index >= 15 is 0 Å². The Balaban J connectivity index is 2.80. The Morgan fingerprint density at radius 1 is 1.00 bits per heavy atom. The van der Waals surface area contributed by atoms with E-state index in [-0.39, 0.29) is 0 Å². The molecule has 0 fully saturated rings. The molecular formula is C16H27N. The molecule has 0 bridgehead atoms. The minimum Gasteiger partial charge on any atom is -0.310 e. The van der Waals surface area contributed by atoms with E-state index in [1.807, 2.05) is 0 Å².